The first kappa shape index (κ1) is 20.7. The van der Waals surface area contributed by atoms with E-state index in [4.69, 9.17) is 25.8 Å². The van der Waals surface area contributed by atoms with Crippen molar-refractivity contribution in [2.24, 2.45) is 0 Å². The van der Waals surface area contributed by atoms with Crippen LogP contribution in [0, 0.1) is 0 Å². The van der Waals surface area contributed by atoms with Gasteiger partial charge in [-0.3, -0.25) is 0 Å². The van der Waals surface area contributed by atoms with E-state index in [0.29, 0.717) is 39.3 Å². The van der Waals surface area contributed by atoms with Gasteiger partial charge in [0.2, 0.25) is 5.95 Å². The summed E-state index contributed by atoms with van der Waals surface area (Å²) in [5.74, 6) is 0.897. The fourth-order valence-electron chi connectivity index (χ4n) is 3.56. The molecule has 160 valence electrons. The first-order chi connectivity index (χ1) is 15.0. The highest BCUT2D eigenvalue weighted by molar-refractivity contribution is 6.32. The van der Waals surface area contributed by atoms with Crippen LogP contribution < -0.4 is 14.8 Å². The largest absolute Gasteiger partial charge is 0.493 e. The van der Waals surface area contributed by atoms with Crippen LogP contribution in [0.1, 0.15) is 24.1 Å². The Hall–Kier alpha value is -3.52. The zero-order chi connectivity index (χ0) is 22.0. The molecule has 3 aromatic rings. The summed E-state index contributed by atoms with van der Waals surface area (Å²) in [6, 6.07) is 12.4. The lowest BCUT2D eigenvalue weighted by Gasteiger charge is -2.28. The van der Waals surface area contributed by atoms with Crippen molar-refractivity contribution in [3.05, 3.63) is 76.2 Å². The van der Waals surface area contributed by atoms with Crippen LogP contribution in [0.5, 0.6) is 11.5 Å². The molecular weight excluding hydrogens is 420 g/mol. The lowest BCUT2D eigenvalue weighted by atomic mass is 9.95. The van der Waals surface area contributed by atoms with E-state index in [1.165, 1.54) is 20.5 Å². The Morgan fingerprint density at radius 3 is 2.68 bits per heavy atom. The van der Waals surface area contributed by atoms with Gasteiger partial charge in [0.1, 0.15) is 19.0 Å². The number of halogens is 1. The minimum absolute atomic E-state index is 0.153. The number of esters is 1. The summed E-state index contributed by atoms with van der Waals surface area (Å²) in [6.45, 7) is 1.95. The molecule has 1 aliphatic rings. The Balaban J connectivity index is 1.75. The minimum atomic E-state index is -0.612. The van der Waals surface area contributed by atoms with Crippen molar-refractivity contribution in [1.29, 1.82) is 0 Å². The molecule has 4 rings (SSSR count). The molecule has 1 N–H and O–H groups in total. The Bertz CT molecular complexity index is 1140. The van der Waals surface area contributed by atoms with Gasteiger partial charge in [-0.1, -0.05) is 41.9 Å². The highest BCUT2D eigenvalue weighted by atomic mass is 35.5. The molecule has 0 bridgehead atoms. The molecule has 2 aromatic carbocycles. The van der Waals surface area contributed by atoms with Crippen molar-refractivity contribution in [3.8, 4) is 11.5 Å². The van der Waals surface area contributed by atoms with Gasteiger partial charge in [-0.05, 0) is 30.2 Å². The number of hydrogen-bond donors (Lipinski definition) is 1. The summed E-state index contributed by atoms with van der Waals surface area (Å²) in [5, 5.41) is 7.78. The molecule has 1 aliphatic heterocycles. The topological polar surface area (TPSA) is 87.5 Å². The maximum absolute atomic E-state index is 13.2. The van der Waals surface area contributed by atoms with E-state index < -0.39 is 12.0 Å². The molecule has 0 fully saturated rings. The molecule has 2 heterocycles. The van der Waals surface area contributed by atoms with Gasteiger partial charge in [-0.15, -0.1) is 0 Å². The predicted molar refractivity (Wildman–Crippen MR) is 115 cm³/mol. The Kier molecular flexibility index (Phi) is 5.81. The molecule has 8 nitrogen and oxygen atoms in total. The lowest BCUT2D eigenvalue weighted by Crippen LogP contribution is -2.29. The zero-order valence-corrected chi connectivity index (χ0v) is 18.0. The van der Waals surface area contributed by atoms with Crippen molar-refractivity contribution in [3.63, 3.8) is 0 Å². The van der Waals surface area contributed by atoms with Crippen LogP contribution in [0.25, 0.3) is 0 Å². The fraction of sp³-hybridized carbons (Fsp3) is 0.227. The number of rotatable bonds is 6. The van der Waals surface area contributed by atoms with Crippen molar-refractivity contribution in [2.75, 3.05) is 19.5 Å². The normalized spacial score (nSPS) is 15.2. The molecule has 1 unspecified atom stereocenters. The third-order valence-electron chi connectivity index (χ3n) is 5.00. The Morgan fingerprint density at radius 1 is 1.19 bits per heavy atom. The summed E-state index contributed by atoms with van der Waals surface area (Å²) in [4.78, 5) is 17.4. The highest BCUT2D eigenvalue weighted by Gasteiger charge is 2.35. The summed E-state index contributed by atoms with van der Waals surface area (Å²) < 4.78 is 18.0. The van der Waals surface area contributed by atoms with Crippen molar-refractivity contribution < 1.29 is 19.0 Å². The quantitative estimate of drug-likeness (QED) is 0.580. The minimum Gasteiger partial charge on any atom is -0.493 e. The van der Waals surface area contributed by atoms with Crippen LogP contribution in [0.3, 0.4) is 0 Å². The zero-order valence-electron chi connectivity index (χ0n) is 17.3. The van der Waals surface area contributed by atoms with Crippen LogP contribution >= 0.6 is 11.6 Å². The average Bonchev–Trinajstić information content (AvgIpc) is 3.24. The third kappa shape index (κ3) is 3.94. The first-order valence-electron chi connectivity index (χ1n) is 9.53. The molecule has 0 spiro atoms. The van der Waals surface area contributed by atoms with Gasteiger partial charge in [0.25, 0.3) is 0 Å². The number of hydrogen-bond acceptors (Lipinski definition) is 7. The van der Waals surface area contributed by atoms with Crippen molar-refractivity contribution >= 4 is 23.5 Å². The van der Waals surface area contributed by atoms with Gasteiger partial charge in [0.05, 0.1) is 24.8 Å². The molecule has 0 aliphatic carbocycles. The number of allylic oxidation sites excluding steroid dienone is 1. The number of anilines is 1. The van der Waals surface area contributed by atoms with Gasteiger partial charge in [-0.2, -0.15) is 10.1 Å². The number of nitrogens with one attached hydrogen (secondary N) is 1. The fourth-order valence-corrected chi connectivity index (χ4v) is 3.86. The van der Waals surface area contributed by atoms with Crippen LogP contribution in [0.2, 0.25) is 5.02 Å². The molecule has 1 atom stereocenters. The number of benzene rings is 2. The predicted octanol–water partition coefficient (Wildman–Crippen LogP) is 3.98. The van der Waals surface area contributed by atoms with Gasteiger partial charge < -0.3 is 19.5 Å². The molecule has 1 aromatic heterocycles. The number of ether oxygens (including phenoxy) is 3. The molecule has 0 amide bonds. The van der Waals surface area contributed by atoms with E-state index in [1.54, 1.807) is 23.7 Å². The number of methoxy groups -OCH3 is 2. The van der Waals surface area contributed by atoms with E-state index >= 15 is 0 Å². The summed E-state index contributed by atoms with van der Waals surface area (Å²) in [7, 11) is 3.04. The van der Waals surface area contributed by atoms with Gasteiger partial charge in [0.15, 0.2) is 11.5 Å². The van der Waals surface area contributed by atoms with Crippen molar-refractivity contribution in [2.45, 2.75) is 19.6 Å². The number of fused-ring (bicyclic) bond motifs is 1. The summed E-state index contributed by atoms with van der Waals surface area (Å²) >= 11 is 6.44. The highest BCUT2D eigenvalue weighted by Crippen LogP contribution is 2.42. The van der Waals surface area contributed by atoms with Crippen LogP contribution in [0.15, 0.2) is 60.1 Å². The molecule has 0 radical (unpaired) electrons. The van der Waals surface area contributed by atoms with Crippen LogP contribution in [-0.4, -0.2) is 35.0 Å². The maximum atomic E-state index is 13.2. The van der Waals surface area contributed by atoms with Gasteiger partial charge in [0, 0.05) is 5.70 Å². The molecule has 0 saturated carbocycles. The standard InChI is InChI=1S/C22H21ClN4O4/c1-13-18(21(28)31-11-14-7-5-4-6-8-14)19(27-22(26-13)24-12-25-27)15-9-16(23)20(30-3)17(10-15)29-2/h4-10,12,19H,11H2,1-3H3,(H,24,25,26). The molecule has 0 saturated heterocycles. The monoisotopic (exact) mass is 440 g/mol. The van der Waals surface area contributed by atoms with Crippen LogP contribution in [-0.2, 0) is 16.1 Å². The first-order valence-corrected chi connectivity index (χ1v) is 9.91. The number of carbonyl (C=O) groups is 1. The molecule has 31 heavy (non-hydrogen) atoms. The van der Waals surface area contributed by atoms with Gasteiger partial charge in [-0.25, -0.2) is 9.48 Å². The van der Waals surface area contributed by atoms with E-state index in [1.807, 2.05) is 30.3 Å². The lowest BCUT2D eigenvalue weighted by molar-refractivity contribution is -0.140. The summed E-state index contributed by atoms with van der Waals surface area (Å²) in [5.41, 5.74) is 2.60. The van der Waals surface area contributed by atoms with Crippen LogP contribution in [0.4, 0.5) is 5.95 Å². The van der Waals surface area contributed by atoms with E-state index in [-0.39, 0.29) is 6.61 Å². The van der Waals surface area contributed by atoms with Gasteiger partial charge >= 0.3 is 5.97 Å². The molecule has 9 heteroatoms. The molecular formula is C22H21ClN4O4. The average molecular weight is 441 g/mol. The Morgan fingerprint density at radius 2 is 1.97 bits per heavy atom. The summed E-state index contributed by atoms with van der Waals surface area (Å²) in [6.07, 6.45) is 1.42. The number of nitrogens with zero attached hydrogens (tertiary/aromatic N) is 3. The second-order valence-corrected chi connectivity index (χ2v) is 7.30. The van der Waals surface area contributed by atoms with E-state index in [2.05, 4.69) is 15.4 Å². The second-order valence-electron chi connectivity index (χ2n) is 6.89. The van der Waals surface area contributed by atoms with Crippen molar-refractivity contribution in [1.82, 2.24) is 14.8 Å². The SMILES string of the molecule is COc1cc(C2C(C(=O)OCc3ccccc3)=C(C)Nc3ncnn32)cc(Cl)c1OC. The smallest absolute Gasteiger partial charge is 0.338 e. The second kappa shape index (κ2) is 8.69. The number of carbonyl (C=O) groups excluding carboxylic acids is 1. The Labute approximate surface area is 184 Å². The maximum Gasteiger partial charge on any atom is 0.338 e. The van der Waals surface area contributed by atoms with E-state index in [9.17, 15) is 4.79 Å². The number of aromatic nitrogens is 3. The van der Waals surface area contributed by atoms with E-state index in [0.717, 1.165) is 5.56 Å². The third-order valence-corrected chi connectivity index (χ3v) is 5.28.